The Bertz CT molecular complexity index is 310. The molecule has 0 amide bonds. The highest BCUT2D eigenvalue weighted by Crippen LogP contribution is 2.26. The van der Waals surface area contributed by atoms with Crippen LogP contribution in [-0.4, -0.2) is 16.8 Å². The third-order valence-corrected chi connectivity index (χ3v) is 2.02. The topological polar surface area (TPSA) is 92.5 Å². The number of benzene rings is 1. The van der Waals surface area contributed by atoms with Gasteiger partial charge in [0, 0.05) is 0 Å². The van der Waals surface area contributed by atoms with Gasteiger partial charge in [-0.1, -0.05) is 6.07 Å². The molecule has 1 aromatic rings. The Labute approximate surface area is 76.8 Å². The first-order chi connectivity index (χ1) is 5.97. The third kappa shape index (κ3) is 1.91. The molecule has 0 aliphatic rings. The number of anilines is 1. The number of nitrogen functional groups attached to an aromatic ring is 1. The number of nitrogens with two attached hydrogens (primary N) is 2. The van der Waals surface area contributed by atoms with E-state index in [4.69, 9.17) is 16.6 Å². The third-order valence-electron chi connectivity index (χ3n) is 2.02. The van der Waals surface area contributed by atoms with E-state index < -0.39 is 5.54 Å². The lowest BCUT2D eigenvalue weighted by Crippen LogP contribution is -2.36. The molecule has 0 heterocycles. The molecule has 0 fully saturated rings. The summed E-state index contributed by atoms with van der Waals surface area (Å²) in [6.45, 7) is 1.49. The summed E-state index contributed by atoms with van der Waals surface area (Å²) >= 11 is 0. The van der Waals surface area contributed by atoms with Gasteiger partial charge in [-0.2, -0.15) is 0 Å². The monoisotopic (exact) mass is 182 g/mol. The molecule has 1 rings (SSSR count). The van der Waals surface area contributed by atoms with Crippen molar-refractivity contribution in [3.63, 3.8) is 0 Å². The largest absolute Gasteiger partial charge is 0.506 e. The summed E-state index contributed by atoms with van der Waals surface area (Å²) in [6, 6.07) is 4.71. The predicted molar refractivity (Wildman–Crippen MR) is 51.1 cm³/mol. The van der Waals surface area contributed by atoms with E-state index in [0.717, 1.165) is 0 Å². The van der Waals surface area contributed by atoms with Gasteiger partial charge in [0.2, 0.25) is 0 Å². The summed E-state index contributed by atoms with van der Waals surface area (Å²) in [5.74, 6) is -0.0115. The van der Waals surface area contributed by atoms with E-state index in [-0.39, 0.29) is 12.4 Å². The van der Waals surface area contributed by atoms with Crippen molar-refractivity contribution in [3.05, 3.63) is 23.8 Å². The van der Waals surface area contributed by atoms with Crippen molar-refractivity contribution in [3.8, 4) is 5.75 Å². The van der Waals surface area contributed by atoms with Gasteiger partial charge in [-0.25, -0.2) is 0 Å². The number of hydrogen-bond donors (Lipinski definition) is 4. The van der Waals surface area contributed by atoms with Crippen molar-refractivity contribution < 1.29 is 10.2 Å². The highest BCUT2D eigenvalue weighted by atomic mass is 16.3. The molecule has 0 saturated carbocycles. The summed E-state index contributed by atoms with van der Waals surface area (Å²) in [7, 11) is 0. The fraction of sp³-hybridized carbons (Fsp3) is 0.333. The van der Waals surface area contributed by atoms with E-state index in [9.17, 15) is 5.11 Å². The fourth-order valence-corrected chi connectivity index (χ4v) is 0.990. The maximum absolute atomic E-state index is 9.30. The molecule has 1 aromatic carbocycles. The van der Waals surface area contributed by atoms with E-state index >= 15 is 0 Å². The Balaban J connectivity index is 3.10. The molecule has 0 bridgehead atoms. The molecule has 0 aromatic heterocycles. The summed E-state index contributed by atoms with van der Waals surface area (Å²) < 4.78 is 0. The average Bonchev–Trinajstić information content (AvgIpc) is 2.09. The van der Waals surface area contributed by atoms with Crippen molar-refractivity contribution >= 4 is 5.69 Å². The van der Waals surface area contributed by atoms with Crippen molar-refractivity contribution in [2.75, 3.05) is 12.3 Å². The number of hydrogen-bond acceptors (Lipinski definition) is 4. The van der Waals surface area contributed by atoms with Gasteiger partial charge in [-0.3, -0.25) is 0 Å². The van der Waals surface area contributed by atoms with Gasteiger partial charge >= 0.3 is 0 Å². The quantitative estimate of drug-likeness (QED) is 0.386. The summed E-state index contributed by atoms with van der Waals surface area (Å²) in [4.78, 5) is 0. The van der Waals surface area contributed by atoms with Gasteiger partial charge in [0.1, 0.15) is 5.75 Å². The van der Waals surface area contributed by atoms with Gasteiger partial charge in [0.25, 0.3) is 0 Å². The van der Waals surface area contributed by atoms with Crippen LogP contribution >= 0.6 is 0 Å². The van der Waals surface area contributed by atoms with Crippen LogP contribution < -0.4 is 11.5 Å². The molecule has 0 radical (unpaired) electrons. The van der Waals surface area contributed by atoms with Crippen LogP contribution in [0.5, 0.6) is 5.75 Å². The van der Waals surface area contributed by atoms with Crippen molar-refractivity contribution in [2.24, 2.45) is 5.73 Å². The number of aliphatic hydroxyl groups excluding tert-OH is 1. The SMILES string of the molecule is CC(N)(CO)c1ccc(N)c(O)c1. The summed E-state index contributed by atoms with van der Waals surface area (Å²) in [5.41, 5.74) is 11.3. The van der Waals surface area contributed by atoms with Crippen molar-refractivity contribution in [1.82, 2.24) is 0 Å². The van der Waals surface area contributed by atoms with Gasteiger partial charge in [-0.05, 0) is 24.6 Å². The van der Waals surface area contributed by atoms with E-state index in [0.29, 0.717) is 11.3 Å². The minimum absolute atomic E-state index is 0.0115. The molecular formula is C9H14N2O2. The van der Waals surface area contributed by atoms with Gasteiger partial charge in [0.15, 0.2) is 0 Å². The van der Waals surface area contributed by atoms with Gasteiger partial charge in [-0.15, -0.1) is 0 Å². The minimum atomic E-state index is -0.842. The number of phenols is 1. The van der Waals surface area contributed by atoms with Crippen molar-refractivity contribution in [1.29, 1.82) is 0 Å². The Morgan fingerprint density at radius 2 is 2.08 bits per heavy atom. The van der Waals surface area contributed by atoms with E-state index in [1.54, 1.807) is 19.1 Å². The normalized spacial score (nSPS) is 15.3. The Morgan fingerprint density at radius 3 is 2.54 bits per heavy atom. The lowest BCUT2D eigenvalue weighted by molar-refractivity contribution is 0.210. The molecule has 0 aliphatic heterocycles. The number of rotatable bonds is 2. The lowest BCUT2D eigenvalue weighted by Gasteiger charge is -2.22. The van der Waals surface area contributed by atoms with Crippen LogP contribution in [0.15, 0.2) is 18.2 Å². The van der Waals surface area contributed by atoms with Crippen molar-refractivity contribution in [2.45, 2.75) is 12.5 Å². The molecule has 4 heteroatoms. The second-order valence-electron chi connectivity index (χ2n) is 3.35. The van der Waals surface area contributed by atoms with Crippen LogP contribution in [0.1, 0.15) is 12.5 Å². The number of phenolic OH excluding ortho intramolecular Hbond substituents is 1. The zero-order chi connectivity index (χ0) is 10.1. The van der Waals surface area contributed by atoms with Gasteiger partial charge < -0.3 is 21.7 Å². The van der Waals surface area contributed by atoms with E-state index in [1.807, 2.05) is 0 Å². The van der Waals surface area contributed by atoms with Crippen LogP contribution in [0.3, 0.4) is 0 Å². The second-order valence-corrected chi connectivity index (χ2v) is 3.35. The maximum Gasteiger partial charge on any atom is 0.138 e. The second kappa shape index (κ2) is 3.24. The molecule has 72 valence electrons. The van der Waals surface area contributed by atoms with Crippen LogP contribution in [-0.2, 0) is 5.54 Å². The zero-order valence-corrected chi connectivity index (χ0v) is 7.49. The molecule has 1 atom stereocenters. The van der Waals surface area contributed by atoms with E-state index in [1.165, 1.54) is 6.07 Å². The molecule has 4 nitrogen and oxygen atoms in total. The Morgan fingerprint density at radius 1 is 1.46 bits per heavy atom. The van der Waals surface area contributed by atoms with Crippen LogP contribution in [0.4, 0.5) is 5.69 Å². The lowest BCUT2D eigenvalue weighted by atomic mass is 9.94. The van der Waals surface area contributed by atoms with E-state index in [2.05, 4.69) is 0 Å². The van der Waals surface area contributed by atoms with Crippen LogP contribution in [0, 0.1) is 0 Å². The van der Waals surface area contributed by atoms with Crippen LogP contribution in [0.2, 0.25) is 0 Å². The average molecular weight is 182 g/mol. The first-order valence-electron chi connectivity index (χ1n) is 3.96. The molecule has 0 saturated heterocycles. The van der Waals surface area contributed by atoms with Gasteiger partial charge in [0.05, 0.1) is 17.8 Å². The molecular weight excluding hydrogens is 168 g/mol. The summed E-state index contributed by atoms with van der Waals surface area (Å²) in [6.07, 6.45) is 0. The molecule has 6 N–H and O–H groups in total. The fourth-order valence-electron chi connectivity index (χ4n) is 0.990. The molecule has 0 aliphatic carbocycles. The smallest absolute Gasteiger partial charge is 0.138 e. The Kier molecular flexibility index (Phi) is 2.45. The molecule has 13 heavy (non-hydrogen) atoms. The predicted octanol–water partition coefficient (Wildman–Crippen LogP) is 0.141. The first kappa shape index (κ1) is 9.83. The highest BCUT2D eigenvalue weighted by molar-refractivity contribution is 5.53. The molecule has 1 unspecified atom stereocenters. The summed E-state index contributed by atoms with van der Waals surface area (Å²) in [5, 5.41) is 18.3. The number of aliphatic hydroxyl groups is 1. The van der Waals surface area contributed by atoms with Crippen LogP contribution in [0.25, 0.3) is 0 Å². The highest BCUT2D eigenvalue weighted by Gasteiger charge is 2.20. The number of aromatic hydroxyl groups is 1. The standard InChI is InChI=1S/C9H14N2O2/c1-9(11,5-12)6-2-3-7(10)8(13)4-6/h2-4,12-13H,5,10-11H2,1H3. The molecule has 0 spiro atoms. The minimum Gasteiger partial charge on any atom is -0.506 e. The zero-order valence-electron chi connectivity index (χ0n) is 7.49. The first-order valence-corrected chi connectivity index (χ1v) is 3.96. The maximum atomic E-state index is 9.30. The Hall–Kier alpha value is -1.26.